The summed E-state index contributed by atoms with van der Waals surface area (Å²) in [6.07, 6.45) is 2.82. The van der Waals surface area contributed by atoms with E-state index in [1.54, 1.807) is 0 Å². The van der Waals surface area contributed by atoms with Gasteiger partial charge in [-0.05, 0) is 49.0 Å². The lowest BCUT2D eigenvalue weighted by atomic mass is 9.90. The van der Waals surface area contributed by atoms with Crippen LogP contribution in [0.15, 0.2) is 103 Å². The number of benzene rings is 3. The molecule has 0 spiro atoms. The fourth-order valence-electron chi connectivity index (χ4n) is 4.13. The van der Waals surface area contributed by atoms with E-state index < -0.39 is 8.32 Å². The molecular formula is C27H29NO2Si. The molecule has 1 aliphatic rings. The van der Waals surface area contributed by atoms with E-state index in [2.05, 4.69) is 50.0 Å². The zero-order chi connectivity index (χ0) is 21.8. The molecule has 0 radical (unpaired) electrons. The highest BCUT2D eigenvalue weighted by atomic mass is 28.4. The van der Waals surface area contributed by atoms with Crippen LogP contribution < -0.4 is 0 Å². The third-order valence-electron chi connectivity index (χ3n) is 5.39. The molecule has 0 N–H and O–H groups in total. The molecule has 0 saturated carbocycles. The molecule has 3 aromatic carbocycles. The van der Waals surface area contributed by atoms with Gasteiger partial charge in [-0.3, -0.25) is 4.79 Å². The van der Waals surface area contributed by atoms with E-state index in [4.69, 9.17) is 4.43 Å². The molecule has 0 fully saturated rings. The maximum Gasteiger partial charge on any atom is 0.255 e. The lowest BCUT2D eigenvalue weighted by Crippen LogP contribution is -2.41. The van der Waals surface area contributed by atoms with E-state index in [0.29, 0.717) is 12.0 Å². The van der Waals surface area contributed by atoms with Gasteiger partial charge in [0.15, 0.2) is 0 Å². The Morgan fingerprint density at radius 2 is 1.32 bits per heavy atom. The van der Waals surface area contributed by atoms with E-state index in [9.17, 15) is 4.79 Å². The summed E-state index contributed by atoms with van der Waals surface area (Å²) in [5.41, 5.74) is 2.91. The molecule has 4 heteroatoms. The number of nitrogens with zero attached hydrogens (tertiary/aromatic N) is 1. The topological polar surface area (TPSA) is 29.5 Å². The molecule has 4 rings (SSSR count). The minimum absolute atomic E-state index is 0.0339. The van der Waals surface area contributed by atoms with Crippen molar-refractivity contribution in [3.63, 3.8) is 0 Å². The number of carbonyl (C=O) groups excluding carboxylic acids is 1. The van der Waals surface area contributed by atoms with Crippen LogP contribution in [0.25, 0.3) is 0 Å². The first kappa shape index (κ1) is 21.1. The molecule has 1 aliphatic heterocycles. The number of amides is 1. The van der Waals surface area contributed by atoms with Crippen molar-refractivity contribution in [2.24, 2.45) is 0 Å². The highest BCUT2D eigenvalue weighted by molar-refractivity contribution is 6.70. The standard InChI is InChI=1S/C27H29NO2Si/c1-31(2,3)30-24-19-25(21-13-7-4-8-14-21)28(27(29)23-17-11-6-12-18-23)26(20-24)22-15-9-5-10-16-22/h4-19,25-26H,20H2,1-3H3/t25-,26+/m0/s1. The maximum absolute atomic E-state index is 13.8. The van der Waals surface area contributed by atoms with Gasteiger partial charge in [0.2, 0.25) is 8.32 Å². The average Bonchev–Trinajstić information content (AvgIpc) is 2.79. The van der Waals surface area contributed by atoms with Crippen LogP contribution >= 0.6 is 0 Å². The van der Waals surface area contributed by atoms with Crippen LogP contribution in [-0.4, -0.2) is 19.1 Å². The molecule has 2 atom stereocenters. The molecule has 3 aromatic rings. The minimum atomic E-state index is -1.79. The zero-order valence-electron chi connectivity index (χ0n) is 18.4. The van der Waals surface area contributed by atoms with Gasteiger partial charge in [-0.25, -0.2) is 0 Å². The van der Waals surface area contributed by atoms with Gasteiger partial charge < -0.3 is 9.33 Å². The molecule has 1 heterocycles. The number of rotatable bonds is 5. The Hall–Kier alpha value is -3.11. The van der Waals surface area contributed by atoms with E-state index in [-0.39, 0.29) is 18.0 Å². The van der Waals surface area contributed by atoms with Gasteiger partial charge in [0.25, 0.3) is 5.91 Å². The van der Waals surface area contributed by atoms with Crippen molar-refractivity contribution >= 4 is 14.2 Å². The van der Waals surface area contributed by atoms with E-state index in [1.165, 1.54) is 0 Å². The van der Waals surface area contributed by atoms with Crippen LogP contribution in [0.2, 0.25) is 19.6 Å². The summed E-state index contributed by atoms with van der Waals surface area (Å²) in [6, 6.07) is 29.8. The lowest BCUT2D eigenvalue weighted by molar-refractivity contribution is 0.0567. The number of hydrogen-bond donors (Lipinski definition) is 0. The second-order valence-corrected chi connectivity index (χ2v) is 13.3. The van der Waals surface area contributed by atoms with E-state index in [0.717, 1.165) is 16.9 Å². The third-order valence-corrected chi connectivity index (χ3v) is 6.27. The van der Waals surface area contributed by atoms with Gasteiger partial charge in [0.05, 0.1) is 17.8 Å². The van der Waals surface area contributed by atoms with Crippen LogP contribution in [0.5, 0.6) is 0 Å². The Kier molecular flexibility index (Phi) is 6.10. The molecule has 1 amide bonds. The Morgan fingerprint density at radius 3 is 1.87 bits per heavy atom. The molecule has 0 unspecified atom stereocenters. The van der Waals surface area contributed by atoms with E-state index >= 15 is 0 Å². The molecule has 158 valence electrons. The molecule has 3 nitrogen and oxygen atoms in total. The van der Waals surface area contributed by atoms with Crippen molar-refractivity contribution in [3.8, 4) is 0 Å². The summed E-state index contributed by atoms with van der Waals surface area (Å²) >= 11 is 0. The first-order valence-electron chi connectivity index (χ1n) is 10.8. The third kappa shape index (κ3) is 4.97. The van der Waals surface area contributed by atoms with Crippen molar-refractivity contribution in [2.75, 3.05) is 0 Å². The lowest BCUT2D eigenvalue weighted by Gasteiger charge is -2.42. The van der Waals surface area contributed by atoms with Crippen LogP contribution in [-0.2, 0) is 4.43 Å². The SMILES string of the molecule is C[Si](C)(C)OC1=C[C@@H](c2ccccc2)N(C(=O)c2ccccc2)[C@@H](c2ccccc2)C1. The second kappa shape index (κ2) is 8.94. The quantitative estimate of drug-likeness (QED) is 0.421. The Balaban J connectivity index is 1.85. The molecule has 31 heavy (non-hydrogen) atoms. The van der Waals surface area contributed by atoms with Gasteiger partial charge in [-0.2, -0.15) is 0 Å². The predicted octanol–water partition coefficient (Wildman–Crippen LogP) is 6.75. The smallest absolute Gasteiger partial charge is 0.255 e. The van der Waals surface area contributed by atoms with Gasteiger partial charge >= 0.3 is 0 Å². The zero-order valence-corrected chi connectivity index (χ0v) is 19.4. The predicted molar refractivity (Wildman–Crippen MR) is 128 cm³/mol. The van der Waals surface area contributed by atoms with Crippen molar-refractivity contribution in [2.45, 2.75) is 38.1 Å². The van der Waals surface area contributed by atoms with Crippen molar-refractivity contribution in [1.82, 2.24) is 4.90 Å². The summed E-state index contributed by atoms with van der Waals surface area (Å²) < 4.78 is 6.48. The summed E-state index contributed by atoms with van der Waals surface area (Å²) in [5.74, 6) is 1.02. The molecule has 0 aromatic heterocycles. The highest BCUT2D eigenvalue weighted by Gasteiger charge is 2.38. The molecule has 0 saturated heterocycles. The molecule has 0 aliphatic carbocycles. The van der Waals surface area contributed by atoms with Gasteiger partial charge in [0, 0.05) is 12.0 Å². The fourth-order valence-corrected chi connectivity index (χ4v) is 5.07. The summed E-state index contributed by atoms with van der Waals surface area (Å²) in [7, 11) is -1.79. The van der Waals surface area contributed by atoms with Crippen LogP contribution in [0.4, 0.5) is 0 Å². The fraction of sp³-hybridized carbons (Fsp3) is 0.222. The normalized spacial score (nSPS) is 18.9. The van der Waals surface area contributed by atoms with Gasteiger partial charge in [-0.15, -0.1) is 0 Å². The summed E-state index contributed by atoms with van der Waals surface area (Å²) in [6.45, 7) is 6.60. The first-order chi connectivity index (χ1) is 14.9. The average molecular weight is 428 g/mol. The Bertz CT molecular complexity index is 1040. The molecule has 0 bridgehead atoms. The van der Waals surface area contributed by atoms with Crippen molar-refractivity contribution < 1.29 is 9.22 Å². The molecular weight excluding hydrogens is 398 g/mol. The second-order valence-electron chi connectivity index (χ2n) is 8.91. The number of carbonyl (C=O) groups is 1. The van der Waals surface area contributed by atoms with Crippen LogP contribution in [0.1, 0.15) is 40.0 Å². The van der Waals surface area contributed by atoms with Crippen LogP contribution in [0.3, 0.4) is 0 Å². The van der Waals surface area contributed by atoms with Gasteiger partial charge in [0.1, 0.15) is 0 Å². The summed E-state index contributed by atoms with van der Waals surface area (Å²) in [4.78, 5) is 15.8. The highest BCUT2D eigenvalue weighted by Crippen LogP contribution is 2.42. The number of hydrogen-bond acceptors (Lipinski definition) is 2. The first-order valence-corrected chi connectivity index (χ1v) is 14.2. The Labute approximate surface area is 186 Å². The van der Waals surface area contributed by atoms with Crippen molar-refractivity contribution in [3.05, 3.63) is 120 Å². The van der Waals surface area contributed by atoms with Crippen molar-refractivity contribution in [1.29, 1.82) is 0 Å². The minimum Gasteiger partial charge on any atom is -0.547 e. The maximum atomic E-state index is 13.8. The largest absolute Gasteiger partial charge is 0.547 e. The van der Waals surface area contributed by atoms with Gasteiger partial charge in [-0.1, -0.05) is 78.9 Å². The van der Waals surface area contributed by atoms with Crippen LogP contribution in [0, 0.1) is 0 Å². The monoisotopic (exact) mass is 427 g/mol. The summed E-state index contributed by atoms with van der Waals surface area (Å²) in [5, 5.41) is 0. The Morgan fingerprint density at radius 1 is 0.806 bits per heavy atom. The van der Waals surface area contributed by atoms with E-state index in [1.807, 2.05) is 71.6 Å².